The van der Waals surface area contributed by atoms with Gasteiger partial charge in [0, 0.05) is 12.6 Å². The zero-order chi connectivity index (χ0) is 11.4. The molecule has 2 rings (SSSR count). The molecule has 5 nitrogen and oxygen atoms in total. The van der Waals surface area contributed by atoms with E-state index in [9.17, 15) is 8.42 Å². The average Bonchev–Trinajstić information content (AvgIpc) is 2.90. The van der Waals surface area contributed by atoms with Crippen molar-refractivity contribution in [2.75, 3.05) is 13.1 Å². The van der Waals surface area contributed by atoms with Crippen LogP contribution in [0.3, 0.4) is 0 Å². The molecule has 1 aromatic heterocycles. The molecule has 0 spiro atoms. The first-order valence-electron chi connectivity index (χ1n) is 5.45. The Hall–Kier alpha value is -0.560. The van der Waals surface area contributed by atoms with Gasteiger partial charge in [0.05, 0.1) is 6.26 Å². The summed E-state index contributed by atoms with van der Waals surface area (Å²) in [6, 6.07) is 3.45. The third-order valence-electron chi connectivity index (χ3n) is 2.71. The van der Waals surface area contributed by atoms with Crippen LogP contribution in [0.5, 0.6) is 0 Å². The number of furan rings is 1. The van der Waals surface area contributed by atoms with Gasteiger partial charge in [0.25, 0.3) is 10.0 Å². The normalized spacial score (nSPS) is 20.1. The molecule has 1 atom stereocenters. The van der Waals surface area contributed by atoms with Gasteiger partial charge in [-0.3, -0.25) is 0 Å². The predicted molar refractivity (Wildman–Crippen MR) is 66.8 cm³/mol. The number of sulfonamides is 1. The fourth-order valence-electron chi connectivity index (χ4n) is 1.86. The van der Waals surface area contributed by atoms with Gasteiger partial charge in [0.2, 0.25) is 5.09 Å². The fraction of sp³-hybridized carbons (Fsp3) is 0.600. The van der Waals surface area contributed by atoms with Crippen molar-refractivity contribution >= 4 is 22.4 Å². The fourth-order valence-corrected chi connectivity index (χ4v) is 2.83. The topological polar surface area (TPSA) is 71.3 Å². The molecule has 98 valence electrons. The van der Waals surface area contributed by atoms with Crippen LogP contribution in [-0.4, -0.2) is 27.5 Å². The highest BCUT2D eigenvalue weighted by molar-refractivity contribution is 7.89. The van der Waals surface area contributed by atoms with E-state index in [0.29, 0.717) is 12.6 Å². The van der Waals surface area contributed by atoms with E-state index in [1.54, 1.807) is 6.07 Å². The van der Waals surface area contributed by atoms with E-state index in [1.165, 1.54) is 18.8 Å². The lowest BCUT2D eigenvalue weighted by atomic mass is 10.2. The van der Waals surface area contributed by atoms with Gasteiger partial charge in [0.1, 0.15) is 0 Å². The van der Waals surface area contributed by atoms with Gasteiger partial charge >= 0.3 is 0 Å². The molecule has 1 aromatic rings. The maximum absolute atomic E-state index is 11.6. The van der Waals surface area contributed by atoms with Crippen LogP contribution in [0.2, 0.25) is 0 Å². The van der Waals surface area contributed by atoms with Crippen LogP contribution < -0.4 is 10.0 Å². The van der Waals surface area contributed by atoms with Crippen molar-refractivity contribution in [3.05, 3.63) is 18.4 Å². The minimum atomic E-state index is -3.45. The monoisotopic (exact) mass is 280 g/mol. The van der Waals surface area contributed by atoms with Gasteiger partial charge in [-0.1, -0.05) is 0 Å². The van der Waals surface area contributed by atoms with E-state index in [-0.39, 0.29) is 17.5 Å². The molecule has 2 N–H and O–H groups in total. The van der Waals surface area contributed by atoms with E-state index in [2.05, 4.69) is 10.0 Å². The molecule has 7 heteroatoms. The summed E-state index contributed by atoms with van der Waals surface area (Å²) in [4.78, 5) is 0. The van der Waals surface area contributed by atoms with Crippen molar-refractivity contribution in [2.24, 2.45) is 0 Å². The number of hydrogen-bond acceptors (Lipinski definition) is 4. The maximum atomic E-state index is 11.6. The standard InChI is InChI=1S/C10H16N2O3S.ClH/c13-16(14,10-4-2-8-15-10)12-7-5-9-3-1-6-11-9;/h2,4,8-9,11-12H,1,3,5-7H2;1H/t9-;/m1./s1. The lowest BCUT2D eigenvalue weighted by molar-refractivity contribution is 0.444. The van der Waals surface area contributed by atoms with E-state index in [1.807, 2.05) is 0 Å². The zero-order valence-electron chi connectivity index (χ0n) is 9.39. The van der Waals surface area contributed by atoms with E-state index in [0.717, 1.165) is 19.4 Å². The van der Waals surface area contributed by atoms with Crippen LogP contribution in [0.15, 0.2) is 27.9 Å². The van der Waals surface area contributed by atoms with Crippen molar-refractivity contribution in [1.29, 1.82) is 0 Å². The van der Waals surface area contributed by atoms with Crippen molar-refractivity contribution in [1.82, 2.24) is 10.0 Å². The summed E-state index contributed by atoms with van der Waals surface area (Å²) in [6.07, 6.45) is 4.48. The molecule has 0 saturated carbocycles. The molecule has 1 fully saturated rings. The Morgan fingerprint density at radius 1 is 1.53 bits per heavy atom. The molecule has 0 bridgehead atoms. The van der Waals surface area contributed by atoms with Gasteiger partial charge in [0.15, 0.2) is 0 Å². The van der Waals surface area contributed by atoms with Gasteiger partial charge in [-0.25, -0.2) is 13.1 Å². The second kappa shape index (κ2) is 6.39. The first-order valence-corrected chi connectivity index (χ1v) is 6.93. The Kier molecular flexibility index (Phi) is 5.45. The molecule has 1 aliphatic rings. The molecule has 0 aliphatic carbocycles. The molecular formula is C10H17ClN2O3S. The number of halogens is 1. The summed E-state index contributed by atoms with van der Waals surface area (Å²) >= 11 is 0. The quantitative estimate of drug-likeness (QED) is 0.848. The number of rotatable bonds is 5. The van der Waals surface area contributed by atoms with Crippen LogP contribution in [-0.2, 0) is 10.0 Å². The Morgan fingerprint density at radius 2 is 2.35 bits per heavy atom. The van der Waals surface area contributed by atoms with Crippen molar-refractivity contribution < 1.29 is 12.8 Å². The Balaban J connectivity index is 0.00000144. The molecule has 0 unspecified atom stereocenters. The molecule has 1 aliphatic heterocycles. The zero-order valence-corrected chi connectivity index (χ0v) is 11.0. The maximum Gasteiger partial charge on any atom is 0.273 e. The minimum absolute atomic E-state index is 0. The van der Waals surface area contributed by atoms with E-state index in [4.69, 9.17) is 4.42 Å². The van der Waals surface area contributed by atoms with E-state index >= 15 is 0 Å². The van der Waals surface area contributed by atoms with Gasteiger partial charge in [-0.15, -0.1) is 12.4 Å². The molecule has 2 heterocycles. The number of nitrogens with one attached hydrogen (secondary N) is 2. The smallest absolute Gasteiger partial charge is 0.273 e. The summed E-state index contributed by atoms with van der Waals surface area (Å²) in [5, 5.41) is 3.30. The lowest BCUT2D eigenvalue weighted by Gasteiger charge is -2.09. The molecular weight excluding hydrogens is 264 g/mol. The third kappa shape index (κ3) is 3.99. The molecule has 17 heavy (non-hydrogen) atoms. The van der Waals surface area contributed by atoms with Crippen molar-refractivity contribution in [2.45, 2.75) is 30.4 Å². The van der Waals surface area contributed by atoms with Crippen molar-refractivity contribution in [3.63, 3.8) is 0 Å². The van der Waals surface area contributed by atoms with Crippen LogP contribution in [0, 0.1) is 0 Å². The second-order valence-electron chi connectivity index (χ2n) is 3.91. The largest absolute Gasteiger partial charge is 0.452 e. The average molecular weight is 281 g/mol. The molecule has 0 amide bonds. The van der Waals surface area contributed by atoms with Gasteiger partial charge < -0.3 is 9.73 Å². The summed E-state index contributed by atoms with van der Waals surface area (Å²) < 4.78 is 30.7. The highest BCUT2D eigenvalue weighted by Gasteiger charge is 2.18. The molecule has 0 aromatic carbocycles. The molecule has 1 saturated heterocycles. The summed E-state index contributed by atoms with van der Waals surface area (Å²) in [5.74, 6) is 0. The van der Waals surface area contributed by atoms with Crippen LogP contribution in [0.4, 0.5) is 0 Å². The lowest BCUT2D eigenvalue weighted by Crippen LogP contribution is -2.30. The Bertz CT molecular complexity index is 413. The minimum Gasteiger partial charge on any atom is -0.452 e. The Labute approximate surface area is 107 Å². The van der Waals surface area contributed by atoms with Crippen LogP contribution in [0.25, 0.3) is 0 Å². The molecule has 0 radical (unpaired) electrons. The van der Waals surface area contributed by atoms with Gasteiger partial charge in [-0.2, -0.15) is 0 Å². The van der Waals surface area contributed by atoms with Crippen LogP contribution >= 0.6 is 12.4 Å². The summed E-state index contributed by atoms with van der Waals surface area (Å²) in [5.41, 5.74) is 0. The van der Waals surface area contributed by atoms with Gasteiger partial charge in [-0.05, 0) is 37.9 Å². The highest BCUT2D eigenvalue weighted by atomic mass is 35.5. The summed E-state index contributed by atoms with van der Waals surface area (Å²) in [6.45, 7) is 1.48. The first-order chi connectivity index (χ1) is 7.68. The Morgan fingerprint density at radius 3 is 2.94 bits per heavy atom. The first kappa shape index (κ1) is 14.5. The van der Waals surface area contributed by atoms with Crippen molar-refractivity contribution in [3.8, 4) is 0 Å². The van der Waals surface area contributed by atoms with E-state index < -0.39 is 10.0 Å². The predicted octanol–water partition coefficient (Wildman–Crippen LogP) is 1.12. The third-order valence-corrected chi connectivity index (χ3v) is 4.05. The second-order valence-corrected chi connectivity index (χ2v) is 5.61. The highest BCUT2D eigenvalue weighted by Crippen LogP contribution is 2.10. The summed E-state index contributed by atoms with van der Waals surface area (Å²) in [7, 11) is -3.45. The van der Waals surface area contributed by atoms with Crippen LogP contribution in [0.1, 0.15) is 19.3 Å². The SMILES string of the molecule is Cl.O=S(=O)(NCC[C@H]1CCCN1)c1ccco1. The number of hydrogen-bond donors (Lipinski definition) is 2.